The lowest BCUT2D eigenvalue weighted by molar-refractivity contribution is -0.141. The molecule has 0 aromatic heterocycles. The molecule has 9 heteroatoms. The molecule has 0 bridgehead atoms. The average molecular weight is 361 g/mol. The van der Waals surface area contributed by atoms with Crippen LogP contribution in [-0.2, 0) is 9.59 Å². The van der Waals surface area contributed by atoms with Crippen LogP contribution in [0.5, 0.6) is 0 Å². The van der Waals surface area contributed by atoms with Gasteiger partial charge in [0.25, 0.3) is 0 Å². The molecule has 4 atom stereocenters. The maximum atomic E-state index is 11.8. The van der Waals surface area contributed by atoms with E-state index in [1.165, 1.54) is 0 Å². The highest BCUT2D eigenvalue weighted by molar-refractivity contribution is 8.00. The largest absolute Gasteiger partial charge is 0.480 e. The van der Waals surface area contributed by atoms with Crippen molar-refractivity contribution < 1.29 is 19.5 Å². The average Bonchev–Trinajstić information content (AvgIpc) is 3.02. The number of amides is 3. The van der Waals surface area contributed by atoms with Gasteiger partial charge in [0.2, 0.25) is 5.91 Å². The number of hydrogen-bond donors (Lipinski definition) is 5. The molecule has 0 aliphatic carbocycles. The number of thioether (sulfide) groups is 1. The van der Waals surface area contributed by atoms with Crippen molar-refractivity contribution in [2.45, 2.75) is 55.5 Å². The number of carboxylic acids is 1. The molecule has 2 saturated heterocycles. The number of unbranched alkanes of at least 4 members (excludes halogenated alkanes) is 1. The number of carbonyl (C=O) groups is 3. The highest BCUT2D eigenvalue weighted by atomic mass is 32.2. The number of rotatable bonds is 9. The molecule has 4 N–H and O–H groups in total. The second-order valence-electron chi connectivity index (χ2n) is 5.84. The standard InChI is InChI=1S/C14H23N3O4S2/c18-11(15-8(5-6-22)13(19)20)4-2-1-3-10-12-9(7-23-10)16-14(21)17-12/h8-10,12,22H,1-7H2,(H,15,18)(H,19,20)(H2,16,17,21)/t8?,9-,10?,12-/m0/s1. The van der Waals surface area contributed by atoms with E-state index in [1.807, 2.05) is 11.8 Å². The van der Waals surface area contributed by atoms with Gasteiger partial charge in [-0.25, -0.2) is 9.59 Å². The van der Waals surface area contributed by atoms with Gasteiger partial charge in [0, 0.05) is 17.4 Å². The molecule has 2 aliphatic heterocycles. The summed E-state index contributed by atoms with van der Waals surface area (Å²) in [4.78, 5) is 34.0. The molecule has 0 saturated carbocycles. The highest BCUT2D eigenvalue weighted by Gasteiger charge is 2.42. The topological polar surface area (TPSA) is 108 Å². The van der Waals surface area contributed by atoms with Crippen molar-refractivity contribution in [1.82, 2.24) is 16.0 Å². The molecule has 0 spiro atoms. The maximum absolute atomic E-state index is 11.8. The van der Waals surface area contributed by atoms with Gasteiger partial charge in [0.1, 0.15) is 6.04 Å². The molecule has 2 unspecified atom stereocenters. The molecule has 3 amide bonds. The Hall–Kier alpha value is -1.09. The monoisotopic (exact) mass is 361 g/mol. The molecular formula is C14H23N3O4S2. The quantitative estimate of drug-likeness (QED) is 0.235. The van der Waals surface area contributed by atoms with Gasteiger partial charge >= 0.3 is 12.0 Å². The van der Waals surface area contributed by atoms with Crippen molar-refractivity contribution in [3.63, 3.8) is 0 Å². The zero-order valence-electron chi connectivity index (χ0n) is 12.8. The fourth-order valence-corrected chi connectivity index (χ4v) is 4.73. The van der Waals surface area contributed by atoms with Crippen LogP contribution in [0.1, 0.15) is 32.1 Å². The molecule has 2 aliphatic rings. The van der Waals surface area contributed by atoms with Crippen molar-refractivity contribution in [3.8, 4) is 0 Å². The van der Waals surface area contributed by atoms with Crippen molar-refractivity contribution in [3.05, 3.63) is 0 Å². The molecule has 130 valence electrons. The molecule has 2 heterocycles. The number of aliphatic carboxylic acids is 1. The first-order valence-corrected chi connectivity index (χ1v) is 9.51. The second kappa shape index (κ2) is 8.68. The van der Waals surface area contributed by atoms with E-state index in [2.05, 4.69) is 28.6 Å². The van der Waals surface area contributed by atoms with Crippen LogP contribution in [0.2, 0.25) is 0 Å². The van der Waals surface area contributed by atoms with E-state index in [0.717, 1.165) is 25.0 Å². The summed E-state index contributed by atoms with van der Waals surface area (Å²) in [6.07, 6.45) is 3.19. The predicted octanol–water partition coefficient (Wildman–Crippen LogP) is 0.602. The lowest BCUT2D eigenvalue weighted by atomic mass is 10.0. The lowest BCUT2D eigenvalue weighted by Crippen LogP contribution is -2.41. The van der Waals surface area contributed by atoms with E-state index in [4.69, 9.17) is 5.11 Å². The Morgan fingerprint density at radius 2 is 2.17 bits per heavy atom. The Bertz CT molecular complexity index is 463. The summed E-state index contributed by atoms with van der Waals surface area (Å²) in [6, 6.07) is -0.536. The summed E-state index contributed by atoms with van der Waals surface area (Å²) in [5, 5.41) is 17.7. The van der Waals surface area contributed by atoms with Gasteiger partial charge in [0.15, 0.2) is 0 Å². The Balaban J connectivity index is 1.62. The third kappa shape index (κ3) is 5.20. The van der Waals surface area contributed by atoms with Crippen LogP contribution in [-0.4, -0.2) is 57.9 Å². The summed E-state index contributed by atoms with van der Waals surface area (Å²) in [6.45, 7) is 0. The smallest absolute Gasteiger partial charge is 0.326 e. The highest BCUT2D eigenvalue weighted by Crippen LogP contribution is 2.33. The summed E-state index contributed by atoms with van der Waals surface area (Å²) in [7, 11) is 0. The second-order valence-corrected chi connectivity index (χ2v) is 7.56. The normalized spacial score (nSPS) is 27.0. The van der Waals surface area contributed by atoms with Gasteiger partial charge in [0.05, 0.1) is 12.1 Å². The van der Waals surface area contributed by atoms with Crippen molar-refractivity contribution in [2.75, 3.05) is 11.5 Å². The van der Waals surface area contributed by atoms with Crippen LogP contribution < -0.4 is 16.0 Å². The predicted molar refractivity (Wildman–Crippen MR) is 92.0 cm³/mol. The first-order valence-electron chi connectivity index (χ1n) is 7.83. The number of thiol groups is 1. The fraction of sp³-hybridized carbons (Fsp3) is 0.786. The van der Waals surface area contributed by atoms with E-state index in [0.29, 0.717) is 23.8 Å². The Morgan fingerprint density at radius 3 is 2.87 bits per heavy atom. The minimum atomic E-state index is -1.02. The molecule has 7 nitrogen and oxygen atoms in total. The molecular weight excluding hydrogens is 338 g/mol. The zero-order chi connectivity index (χ0) is 16.8. The Kier molecular flexibility index (Phi) is 6.88. The van der Waals surface area contributed by atoms with Gasteiger partial charge in [-0.05, 0) is 25.0 Å². The summed E-state index contributed by atoms with van der Waals surface area (Å²) in [5.74, 6) is 0.0917. The van der Waals surface area contributed by atoms with E-state index in [-0.39, 0.29) is 24.0 Å². The zero-order valence-corrected chi connectivity index (χ0v) is 14.5. The van der Waals surface area contributed by atoms with Gasteiger partial charge in [-0.3, -0.25) is 4.79 Å². The number of carboxylic acid groups (broad SMARTS) is 1. The van der Waals surface area contributed by atoms with Gasteiger partial charge < -0.3 is 21.1 Å². The van der Waals surface area contributed by atoms with Crippen LogP contribution in [0.4, 0.5) is 4.79 Å². The first-order chi connectivity index (χ1) is 11.0. The van der Waals surface area contributed by atoms with Crippen molar-refractivity contribution in [1.29, 1.82) is 0 Å². The molecule has 2 fully saturated rings. The first kappa shape index (κ1) is 18.3. The third-order valence-electron chi connectivity index (χ3n) is 4.13. The number of hydrogen-bond acceptors (Lipinski definition) is 5. The minimum Gasteiger partial charge on any atom is -0.480 e. The van der Waals surface area contributed by atoms with Crippen LogP contribution in [0.25, 0.3) is 0 Å². The van der Waals surface area contributed by atoms with E-state index < -0.39 is 12.0 Å². The SMILES string of the molecule is O=C(CCCCC1SC[C@@H]2NC(=O)N[C@H]12)NC(CCS)C(=O)O. The summed E-state index contributed by atoms with van der Waals surface area (Å²) in [5.41, 5.74) is 0. The van der Waals surface area contributed by atoms with Gasteiger partial charge in [-0.2, -0.15) is 24.4 Å². The summed E-state index contributed by atoms with van der Waals surface area (Å²) >= 11 is 5.85. The minimum absolute atomic E-state index is 0.0893. The van der Waals surface area contributed by atoms with E-state index >= 15 is 0 Å². The van der Waals surface area contributed by atoms with Crippen LogP contribution in [0, 0.1) is 0 Å². The molecule has 2 rings (SSSR count). The maximum Gasteiger partial charge on any atom is 0.326 e. The van der Waals surface area contributed by atoms with E-state index in [9.17, 15) is 14.4 Å². The Morgan fingerprint density at radius 1 is 1.39 bits per heavy atom. The number of carbonyl (C=O) groups excluding carboxylic acids is 2. The lowest BCUT2D eigenvalue weighted by Gasteiger charge is -2.16. The molecule has 0 aromatic carbocycles. The fourth-order valence-electron chi connectivity index (χ4n) is 2.93. The van der Waals surface area contributed by atoms with Gasteiger partial charge in [-0.15, -0.1) is 0 Å². The molecule has 23 heavy (non-hydrogen) atoms. The van der Waals surface area contributed by atoms with E-state index in [1.54, 1.807) is 0 Å². The van der Waals surface area contributed by atoms with Crippen LogP contribution >= 0.6 is 24.4 Å². The summed E-state index contributed by atoms with van der Waals surface area (Å²) < 4.78 is 0. The Labute approximate surface area is 145 Å². The molecule has 0 radical (unpaired) electrons. The van der Waals surface area contributed by atoms with Crippen LogP contribution in [0.3, 0.4) is 0 Å². The molecule has 0 aromatic rings. The number of urea groups is 1. The van der Waals surface area contributed by atoms with Crippen LogP contribution in [0.15, 0.2) is 0 Å². The van der Waals surface area contributed by atoms with Crippen molar-refractivity contribution in [2.24, 2.45) is 0 Å². The van der Waals surface area contributed by atoms with Crippen molar-refractivity contribution >= 4 is 42.3 Å². The van der Waals surface area contributed by atoms with Gasteiger partial charge in [-0.1, -0.05) is 6.42 Å². The number of fused-ring (bicyclic) bond motifs is 1. The number of nitrogens with one attached hydrogen (secondary N) is 3. The third-order valence-corrected chi connectivity index (χ3v) is 5.90.